The molecule has 1 unspecified atom stereocenters. The fourth-order valence-electron chi connectivity index (χ4n) is 2.74. The fourth-order valence-corrected chi connectivity index (χ4v) is 2.74. The second kappa shape index (κ2) is 3.29. The Hall–Kier alpha value is -0.570. The number of rotatable bonds is 2. The molecule has 0 aromatic rings. The smallest absolute Gasteiger partial charge is 0.223 e. The Labute approximate surface area is 79.1 Å². The number of hydrogen-bond acceptors (Lipinski definition) is 2. The third kappa shape index (κ3) is 1.35. The van der Waals surface area contributed by atoms with Crippen LogP contribution in [-0.4, -0.2) is 19.0 Å². The molecule has 3 heteroatoms. The first-order valence-corrected chi connectivity index (χ1v) is 5.26. The highest BCUT2D eigenvalue weighted by Crippen LogP contribution is 2.48. The van der Waals surface area contributed by atoms with Crippen molar-refractivity contribution in [1.29, 1.82) is 0 Å². The number of nitrogens with two attached hydrogens (primary N) is 1. The third-order valence-corrected chi connectivity index (χ3v) is 3.81. The van der Waals surface area contributed by atoms with E-state index in [1.165, 1.54) is 19.3 Å². The first kappa shape index (κ1) is 9.00. The van der Waals surface area contributed by atoms with Gasteiger partial charge in [0.1, 0.15) is 0 Å². The van der Waals surface area contributed by atoms with Crippen LogP contribution in [-0.2, 0) is 4.79 Å². The minimum atomic E-state index is -0.132. The highest BCUT2D eigenvalue weighted by atomic mass is 16.1. The van der Waals surface area contributed by atoms with Crippen LogP contribution < -0.4 is 11.1 Å². The lowest BCUT2D eigenvalue weighted by molar-refractivity contribution is -0.138. The Morgan fingerprint density at radius 2 is 2.15 bits per heavy atom. The molecule has 1 amide bonds. The second-order valence-corrected chi connectivity index (χ2v) is 4.42. The zero-order valence-corrected chi connectivity index (χ0v) is 8.01. The molecule has 13 heavy (non-hydrogen) atoms. The van der Waals surface area contributed by atoms with E-state index in [1.807, 2.05) is 0 Å². The van der Waals surface area contributed by atoms with Crippen molar-refractivity contribution in [3.63, 3.8) is 0 Å². The summed E-state index contributed by atoms with van der Waals surface area (Å²) in [6.07, 6.45) is 5.60. The Morgan fingerprint density at radius 3 is 2.54 bits per heavy atom. The van der Waals surface area contributed by atoms with Crippen molar-refractivity contribution >= 4 is 5.91 Å². The predicted molar refractivity (Wildman–Crippen MR) is 51.1 cm³/mol. The normalized spacial score (nSPS) is 32.2. The maximum atomic E-state index is 11.4. The van der Waals surface area contributed by atoms with Crippen molar-refractivity contribution in [3.8, 4) is 0 Å². The number of amides is 1. The van der Waals surface area contributed by atoms with E-state index in [4.69, 9.17) is 5.73 Å². The molecule has 0 bridgehead atoms. The van der Waals surface area contributed by atoms with Gasteiger partial charge >= 0.3 is 0 Å². The van der Waals surface area contributed by atoms with E-state index < -0.39 is 0 Å². The highest BCUT2D eigenvalue weighted by molar-refractivity contribution is 5.82. The molecule has 74 valence electrons. The lowest BCUT2D eigenvalue weighted by atomic mass is 9.59. The van der Waals surface area contributed by atoms with E-state index in [0.29, 0.717) is 5.92 Å². The molecule has 1 saturated heterocycles. The quantitative estimate of drug-likeness (QED) is 0.658. The molecule has 3 N–H and O–H groups in total. The van der Waals surface area contributed by atoms with Crippen LogP contribution in [0.25, 0.3) is 0 Å². The molecule has 1 aliphatic heterocycles. The van der Waals surface area contributed by atoms with Crippen LogP contribution in [0.2, 0.25) is 0 Å². The van der Waals surface area contributed by atoms with Gasteiger partial charge < -0.3 is 11.1 Å². The molecule has 0 spiro atoms. The first-order valence-electron chi connectivity index (χ1n) is 5.26. The predicted octanol–water partition coefficient (Wildman–Crippen LogP) is 0.642. The standard InChI is InChI=1S/C10H18N2O/c11-9(13)10(4-2-5-10)8-3-1-6-12-7-8/h8,12H,1-7H2,(H2,11,13). The van der Waals surface area contributed by atoms with Crippen molar-refractivity contribution in [1.82, 2.24) is 5.32 Å². The lowest BCUT2D eigenvalue weighted by Gasteiger charge is -2.46. The van der Waals surface area contributed by atoms with Gasteiger partial charge in [-0.05, 0) is 44.7 Å². The maximum Gasteiger partial charge on any atom is 0.223 e. The van der Waals surface area contributed by atoms with Gasteiger partial charge in [-0.15, -0.1) is 0 Å². The lowest BCUT2D eigenvalue weighted by Crippen LogP contribution is -2.52. The van der Waals surface area contributed by atoms with Crippen molar-refractivity contribution in [2.75, 3.05) is 13.1 Å². The molecule has 1 saturated carbocycles. The van der Waals surface area contributed by atoms with Gasteiger partial charge in [0.2, 0.25) is 5.91 Å². The van der Waals surface area contributed by atoms with E-state index >= 15 is 0 Å². The van der Waals surface area contributed by atoms with Gasteiger partial charge in [-0.1, -0.05) is 6.42 Å². The van der Waals surface area contributed by atoms with Crippen LogP contribution in [0.4, 0.5) is 0 Å². The van der Waals surface area contributed by atoms with Crippen molar-refractivity contribution in [3.05, 3.63) is 0 Å². The maximum absolute atomic E-state index is 11.4. The van der Waals surface area contributed by atoms with Crippen molar-refractivity contribution < 1.29 is 4.79 Å². The van der Waals surface area contributed by atoms with E-state index in [-0.39, 0.29) is 11.3 Å². The number of carbonyl (C=O) groups excluding carboxylic acids is 1. The molecule has 2 fully saturated rings. The van der Waals surface area contributed by atoms with Crippen LogP contribution in [0.5, 0.6) is 0 Å². The van der Waals surface area contributed by atoms with E-state index in [0.717, 1.165) is 25.9 Å². The summed E-state index contributed by atoms with van der Waals surface area (Å²) >= 11 is 0. The van der Waals surface area contributed by atoms with E-state index in [1.54, 1.807) is 0 Å². The molecular weight excluding hydrogens is 164 g/mol. The number of hydrogen-bond donors (Lipinski definition) is 2. The molecule has 3 nitrogen and oxygen atoms in total. The third-order valence-electron chi connectivity index (χ3n) is 3.81. The summed E-state index contributed by atoms with van der Waals surface area (Å²) in [5.74, 6) is 0.444. The number of carbonyl (C=O) groups is 1. The van der Waals surface area contributed by atoms with Crippen LogP contribution in [0.3, 0.4) is 0 Å². The van der Waals surface area contributed by atoms with E-state index in [2.05, 4.69) is 5.32 Å². The topological polar surface area (TPSA) is 55.1 Å². The van der Waals surface area contributed by atoms with Gasteiger partial charge in [0.15, 0.2) is 0 Å². The Balaban J connectivity index is 2.06. The van der Waals surface area contributed by atoms with Gasteiger partial charge in [-0.3, -0.25) is 4.79 Å². The number of nitrogens with one attached hydrogen (secondary N) is 1. The molecule has 1 heterocycles. The summed E-state index contributed by atoms with van der Waals surface area (Å²) in [6, 6.07) is 0. The summed E-state index contributed by atoms with van der Waals surface area (Å²) in [7, 11) is 0. The SMILES string of the molecule is NC(=O)C1(C2CCCNC2)CCC1. The molecule has 0 aromatic carbocycles. The Morgan fingerprint density at radius 1 is 1.38 bits per heavy atom. The van der Waals surface area contributed by atoms with Crippen LogP contribution in [0.15, 0.2) is 0 Å². The Kier molecular flexibility index (Phi) is 2.28. The zero-order valence-electron chi connectivity index (χ0n) is 8.01. The molecule has 1 aliphatic carbocycles. The van der Waals surface area contributed by atoms with Crippen LogP contribution in [0.1, 0.15) is 32.1 Å². The molecule has 2 aliphatic rings. The largest absolute Gasteiger partial charge is 0.369 e. The molecule has 2 rings (SSSR count). The highest BCUT2D eigenvalue weighted by Gasteiger charge is 2.48. The van der Waals surface area contributed by atoms with Gasteiger partial charge in [0, 0.05) is 0 Å². The zero-order chi connectivity index (χ0) is 9.31. The van der Waals surface area contributed by atoms with Crippen molar-refractivity contribution in [2.24, 2.45) is 17.1 Å². The van der Waals surface area contributed by atoms with Gasteiger partial charge in [-0.25, -0.2) is 0 Å². The summed E-state index contributed by atoms with van der Waals surface area (Å²) in [5, 5.41) is 3.36. The number of primary amides is 1. The average molecular weight is 182 g/mol. The molecule has 0 radical (unpaired) electrons. The fraction of sp³-hybridized carbons (Fsp3) is 0.900. The van der Waals surface area contributed by atoms with Gasteiger partial charge in [-0.2, -0.15) is 0 Å². The van der Waals surface area contributed by atoms with Gasteiger partial charge in [0.25, 0.3) is 0 Å². The minimum absolute atomic E-state index is 0.0625. The summed E-state index contributed by atoms with van der Waals surface area (Å²) in [5.41, 5.74) is 5.37. The molecule has 1 atom stereocenters. The van der Waals surface area contributed by atoms with Crippen LogP contribution in [0, 0.1) is 11.3 Å². The summed E-state index contributed by atoms with van der Waals surface area (Å²) < 4.78 is 0. The monoisotopic (exact) mass is 182 g/mol. The average Bonchev–Trinajstić information content (AvgIpc) is 2.03. The number of piperidine rings is 1. The van der Waals surface area contributed by atoms with Crippen LogP contribution >= 0.6 is 0 Å². The summed E-state index contributed by atoms with van der Waals surface area (Å²) in [4.78, 5) is 11.4. The van der Waals surface area contributed by atoms with Gasteiger partial charge in [0.05, 0.1) is 5.41 Å². The minimum Gasteiger partial charge on any atom is -0.369 e. The first-order chi connectivity index (χ1) is 6.26. The molecular formula is C10H18N2O. The Bertz CT molecular complexity index is 205. The van der Waals surface area contributed by atoms with E-state index in [9.17, 15) is 4.79 Å². The molecule has 0 aromatic heterocycles. The summed E-state index contributed by atoms with van der Waals surface area (Å²) in [6.45, 7) is 2.09. The van der Waals surface area contributed by atoms with Crippen molar-refractivity contribution in [2.45, 2.75) is 32.1 Å². The second-order valence-electron chi connectivity index (χ2n) is 4.42.